The molecule has 0 saturated carbocycles. The summed E-state index contributed by atoms with van der Waals surface area (Å²) in [6, 6.07) is 11.9. The van der Waals surface area contributed by atoms with E-state index in [4.69, 9.17) is 10.00 Å². The van der Waals surface area contributed by atoms with Crippen LogP contribution in [-0.4, -0.2) is 7.11 Å². The zero-order valence-electron chi connectivity index (χ0n) is 10.8. The van der Waals surface area contributed by atoms with Crippen LogP contribution in [0.1, 0.15) is 11.1 Å². The zero-order valence-corrected chi connectivity index (χ0v) is 12.4. The molecule has 0 radical (unpaired) electrons. The Morgan fingerprint density at radius 3 is 2.75 bits per heavy atom. The lowest BCUT2D eigenvalue weighted by molar-refractivity contribution is 0.412. The van der Waals surface area contributed by atoms with Crippen molar-refractivity contribution in [2.24, 2.45) is 0 Å². The maximum absolute atomic E-state index is 13.7. The molecule has 5 heteroatoms. The Labute approximate surface area is 125 Å². The average Bonchev–Trinajstić information content (AvgIpc) is 2.47. The number of ether oxygens (including phenoxy) is 1. The molecular formula is C15H12BrFN2O. The number of nitrogens with one attached hydrogen (secondary N) is 1. The number of hydrogen-bond acceptors (Lipinski definition) is 3. The molecule has 2 aromatic rings. The number of methoxy groups -OCH3 is 1. The van der Waals surface area contributed by atoms with E-state index in [1.807, 2.05) is 24.3 Å². The van der Waals surface area contributed by atoms with Crippen molar-refractivity contribution in [3.05, 3.63) is 57.8 Å². The number of anilines is 1. The Hall–Kier alpha value is -2.06. The molecule has 1 N–H and O–H groups in total. The molecule has 0 aromatic heterocycles. The molecule has 0 atom stereocenters. The lowest BCUT2D eigenvalue weighted by atomic mass is 10.1. The van der Waals surface area contributed by atoms with Gasteiger partial charge in [0.2, 0.25) is 0 Å². The van der Waals surface area contributed by atoms with Gasteiger partial charge in [0.15, 0.2) is 0 Å². The molecule has 0 aliphatic carbocycles. The van der Waals surface area contributed by atoms with E-state index >= 15 is 0 Å². The van der Waals surface area contributed by atoms with Crippen LogP contribution in [0.3, 0.4) is 0 Å². The van der Waals surface area contributed by atoms with Crippen molar-refractivity contribution in [3.63, 3.8) is 0 Å². The molecule has 0 unspecified atom stereocenters. The quantitative estimate of drug-likeness (QED) is 0.916. The van der Waals surface area contributed by atoms with E-state index < -0.39 is 0 Å². The highest BCUT2D eigenvalue weighted by Gasteiger charge is 2.05. The lowest BCUT2D eigenvalue weighted by Gasteiger charge is -2.10. The molecule has 0 saturated heterocycles. The topological polar surface area (TPSA) is 45.0 Å². The zero-order chi connectivity index (χ0) is 14.5. The Balaban J connectivity index is 2.11. The Morgan fingerprint density at radius 2 is 2.10 bits per heavy atom. The SMILES string of the molecule is COc1cc(NCc2ccc(C#N)cc2F)ccc1Br. The first kappa shape index (κ1) is 14.4. The van der Waals surface area contributed by atoms with E-state index in [9.17, 15) is 4.39 Å². The number of benzene rings is 2. The van der Waals surface area contributed by atoms with Gasteiger partial charge < -0.3 is 10.1 Å². The van der Waals surface area contributed by atoms with Gasteiger partial charge in [0.25, 0.3) is 0 Å². The van der Waals surface area contributed by atoms with Crippen molar-refractivity contribution in [1.82, 2.24) is 0 Å². The number of rotatable bonds is 4. The van der Waals surface area contributed by atoms with Gasteiger partial charge in [-0.1, -0.05) is 6.07 Å². The van der Waals surface area contributed by atoms with E-state index in [1.54, 1.807) is 19.2 Å². The van der Waals surface area contributed by atoms with Crippen LogP contribution in [-0.2, 0) is 6.54 Å². The highest BCUT2D eigenvalue weighted by atomic mass is 79.9. The lowest BCUT2D eigenvalue weighted by Crippen LogP contribution is -2.02. The predicted octanol–water partition coefficient (Wildman–Crippen LogP) is 4.08. The van der Waals surface area contributed by atoms with E-state index in [2.05, 4.69) is 21.2 Å². The standard InChI is InChI=1S/C15H12BrFN2O/c1-20-15-7-12(4-5-13(15)16)19-9-11-3-2-10(8-18)6-14(11)17/h2-7,19H,9H2,1H3. The molecule has 2 aromatic carbocycles. The second kappa shape index (κ2) is 6.40. The summed E-state index contributed by atoms with van der Waals surface area (Å²) in [4.78, 5) is 0. The highest BCUT2D eigenvalue weighted by Crippen LogP contribution is 2.28. The Morgan fingerprint density at radius 1 is 1.30 bits per heavy atom. The van der Waals surface area contributed by atoms with Crippen molar-refractivity contribution in [3.8, 4) is 11.8 Å². The van der Waals surface area contributed by atoms with E-state index in [0.717, 1.165) is 10.2 Å². The van der Waals surface area contributed by atoms with Gasteiger partial charge in [0.1, 0.15) is 11.6 Å². The summed E-state index contributed by atoms with van der Waals surface area (Å²) >= 11 is 3.37. The molecule has 0 spiro atoms. The van der Waals surface area contributed by atoms with Crippen LogP contribution in [0.25, 0.3) is 0 Å². The van der Waals surface area contributed by atoms with Crippen LogP contribution >= 0.6 is 15.9 Å². The van der Waals surface area contributed by atoms with Crippen LogP contribution in [0.2, 0.25) is 0 Å². The number of nitriles is 1. The minimum absolute atomic E-state index is 0.316. The minimum Gasteiger partial charge on any atom is -0.495 e. The van der Waals surface area contributed by atoms with Crippen molar-refractivity contribution in [2.75, 3.05) is 12.4 Å². The van der Waals surface area contributed by atoms with Crippen LogP contribution in [0, 0.1) is 17.1 Å². The maximum Gasteiger partial charge on any atom is 0.135 e. The first-order valence-electron chi connectivity index (χ1n) is 5.90. The van der Waals surface area contributed by atoms with E-state index in [-0.39, 0.29) is 5.82 Å². The number of halogens is 2. The summed E-state index contributed by atoms with van der Waals surface area (Å²) in [5.41, 5.74) is 1.65. The van der Waals surface area contributed by atoms with Gasteiger partial charge >= 0.3 is 0 Å². The molecule has 20 heavy (non-hydrogen) atoms. The van der Waals surface area contributed by atoms with Gasteiger partial charge in [-0.15, -0.1) is 0 Å². The number of hydrogen-bond donors (Lipinski definition) is 1. The van der Waals surface area contributed by atoms with Crippen molar-refractivity contribution in [2.45, 2.75) is 6.54 Å². The van der Waals surface area contributed by atoms with Gasteiger partial charge in [0.05, 0.1) is 23.2 Å². The molecule has 2 rings (SSSR count). The molecule has 0 aliphatic heterocycles. The third-order valence-corrected chi connectivity index (χ3v) is 3.47. The Bertz CT molecular complexity index is 667. The molecule has 102 valence electrons. The van der Waals surface area contributed by atoms with E-state index in [0.29, 0.717) is 23.4 Å². The third kappa shape index (κ3) is 3.28. The summed E-state index contributed by atoms with van der Waals surface area (Å²) in [7, 11) is 1.59. The fraction of sp³-hybridized carbons (Fsp3) is 0.133. The second-order valence-electron chi connectivity index (χ2n) is 4.12. The largest absolute Gasteiger partial charge is 0.495 e. The fourth-order valence-electron chi connectivity index (χ4n) is 1.73. The van der Waals surface area contributed by atoms with Crippen LogP contribution in [0.4, 0.5) is 10.1 Å². The second-order valence-corrected chi connectivity index (χ2v) is 4.98. The Kier molecular flexibility index (Phi) is 4.59. The summed E-state index contributed by atoms with van der Waals surface area (Å²) < 4.78 is 19.8. The van der Waals surface area contributed by atoms with E-state index in [1.165, 1.54) is 6.07 Å². The molecule has 0 aliphatic rings. The monoisotopic (exact) mass is 334 g/mol. The van der Waals surface area contributed by atoms with Gasteiger partial charge in [-0.05, 0) is 40.2 Å². The fourth-order valence-corrected chi connectivity index (χ4v) is 2.14. The van der Waals surface area contributed by atoms with Gasteiger partial charge in [0, 0.05) is 23.9 Å². The normalized spacial score (nSPS) is 9.90. The van der Waals surface area contributed by atoms with Crippen LogP contribution < -0.4 is 10.1 Å². The summed E-state index contributed by atoms with van der Waals surface area (Å²) in [6.07, 6.45) is 0. The van der Waals surface area contributed by atoms with Crippen molar-refractivity contribution >= 4 is 21.6 Å². The molecular weight excluding hydrogens is 323 g/mol. The summed E-state index contributed by atoms with van der Waals surface area (Å²) in [5.74, 6) is 0.316. The first-order chi connectivity index (χ1) is 9.63. The van der Waals surface area contributed by atoms with Crippen LogP contribution in [0.15, 0.2) is 40.9 Å². The third-order valence-electron chi connectivity index (χ3n) is 2.82. The first-order valence-corrected chi connectivity index (χ1v) is 6.69. The van der Waals surface area contributed by atoms with Crippen LogP contribution in [0.5, 0.6) is 5.75 Å². The minimum atomic E-state index is -0.388. The highest BCUT2D eigenvalue weighted by molar-refractivity contribution is 9.10. The number of nitrogens with zero attached hydrogens (tertiary/aromatic N) is 1. The molecule has 3 nitrogen and oxygen atoms in total. The summed E-state index contributed by atoms with van der Waals surface area (Å²) in [6.45, 7) is 0.336. The predicted molar refractivity (Wildman–Crippen MR) is 79.1 cm³/mol. The molecule has 0 fully saturated rings. The smallest absolute Gasteiger partial charge is 0.135 e. The van der Waals surface area contributed by atoms with Crippen molar-refractivity contribution < 1.29 is 9.13 Å². The molecule has 0 heterocycles. The van der Waals surface area contributed by atoms with Gasteiger partial charge in [-0.3, -0.25) is 0 Å². The molecule has 0 amide bonds. The average molecular weight is 335 g/mol. The molecule has 0 bridgehead atoms. The summed E-state index contributed by atoms with van der Waals surface area (Å²) in [5, 5.41) is 11.8. The maximum atomic E-state index is 13.7. The van der Waals surface area contributed by atoms with Gasteiger partial charge in [-0.25, -0.2) is 4.39 Å². The van der Waals surface area contributed by atoms with Gasteiger partial charge in [-0.2, -0.15) is 5.26 Å². The van der Waals surface area contributed by atoms with Crippen molar-refractivity contribution in [1.29, 1.82) is 5.26 Å².